The summed E-state index contributed by atoms with van der Waals surface area (Å²) in [5.74, 6) is 5.14. The molecule has 4 rings (SSSR count). The molecule has 0 atom stereocenters. The van der Waals surface area contributed by atoms with Crippen molar-refractivity contribution >= 4 is 5.97 Å². The highest BCUT2D eigenvalue weighted by Crippen LogP contribution is 2.55. The van der Waals surface area contributed by atoms with Gasteiger partial charge in [-0.1, -0.05) is 5.92 Å². The van der Waals surface area contributed by atoms with E-state index in [4.69, 9.17) is 11.5 Å². The van der Waals surface area contributed by atoms with Gasteiger partial charge in [-0.2, -0.15) is 0 Å². The van der Waals surface area contributed by atoms with Crippen molar-refractivity contribution in [1.82, 2.24) is 4.90 Å². The fraction of sp³-hybridized carbons (Fsp3) is 0.800. The van der Waals surface area contributed by atoms with Gasteiger partial charge >= 0.3 is 5.97 Å². The van der Waals surface area contributed by atoms with E-state index in [1.165, 1.54) is 32.1 Å². The largest absolute Gasteiger partial charge is 0.480 e. The third-order valence-electron chi connectivity index (χ3n) is 5.23. The maximum atomic E-state index is 11.0. The minimum Gasteiger partial charge on any atom is -0.480 e. The summed E-state index contributed by atoms with van der Waals surface area (Å²) >= 11 is 0. The van der Waals surface area contributed by atoms with E-state index in [0.717, 1.165) is 11.8 Å². The van der Waals surface area contributed by atoms with E-state index < -0.39 is 5.97 Å². The molecule has 4 fully saturated rings. The van der Waals surface area contributed by atoms with Gasteiger partial charge in [0.05, 0.1) is 13.1 Å². The van der Waals surface area contributed by atoms with Gasteiger partial charge in [0.15, 0.2) is 0 Å². The molecule has 4 aliphatic carbocycles. The van der Waals surface area contributed by atoms with Crippen molar-refractivity contribution in [2.45, 2.75) is 38.1 Å². The lowest BCUT2D eigenvalue weighted by Gasteiger charge is -2.56. The third kappa shape index (κ3) is 2.03. The van der Waals surface area contributed by atoms with Crippen LogP contribution in [0.3, 0.4) is 0 Å². The maximum absolute atomic E-state index is 11.0. The van der Waals surface area contributed by atoms with Crippen molar-refractivity contribution in [2.24, 2.45) is 23.7 Å². The molecule has 0 heterocycles. The third-order valence-corrected chi connectivity index (χ3v) is 5.23. The number of rotatable bonds is 4. The van der Waals surface area contributed by atoms with Gasteiger partial charge in [0.25, 0.3) is 0 Å². The van der Waals surface area contributed by atoms with Gasteiger partial charge in [-0.15, -0.1) is 6.42 Å². The van der Waals surface area contributed by atoms with E-state index in [1.54, 1.807) is 0 Å². The molecule has 3 nitrogen and oxygen atoms in total. The van der Waals surface area contributed by atoms with Crippen LogP contribution in [0.5, 0.6) is 0 Å². The first kappa shape index (κ1) is 12.0. The smallest absolute Gasteiger partial charge is 0.317 e. The highest BCUT2D eigenvalue weighted by atomic mass is 16.4. The normalized spacial score (nSPS) is 41.0. The Kier molecular flexibility index (Phi) is 3.07. The molecular formula is C15H21NO2. The maximum Gasteiger partial charge on any atom is 0.317 e. The second-order valence-electron chi connectivity index (χ2n) is 6.42. The molecule has 3 heteroatoms. The molecule has 4 saturated carbocycles. The first-order valence-corrected chi connectivity index (χ1v) is 7.06. The van der Waals surface area contributed by atoms with Crippen LogP contribution < -0.4 is 0 Å². The Labute approximate surface area is 109 Å². The minimum atomic E-state index is -0.751. The van der Waals surface area contributed by atoms with Crippen molar-refractivity contribution < 1.29 is 9.90 Å². The average molecular weight is 247 g/mol. The lowest BCUT2D eigenvalue weighted by atomic mass is 9.54. The summed E-state index contributed by atoms with van der Waals surface area (Å²) in [6.45, 7) is 0.594. The first-order valence-electron chi connectivity index (χ1n) is 7.06. The zero-order chi connectivity index (χ0) is 12.7. The number of carboxylic acids is 1. The van der Waals surface area contributed by atoms with E-state index in [9.17, 15) is 4.79 Å². The molecule has 4 bridgehead atoms. The Morgan fingerprint density at radius 2 is 1.72 bits per heavy atom. The zero-order valence-corrected chi connectivity index (χ0v) is 10.7. The summed E-state index contributed by atoms with van der Waals surface area (Å²) < 4.78 is 0. The van der Waals surface area contributed by atoms with Gasteiger partial charge < -0.3 is 5.11 Å². The SMILES string of the molecule is C#CCN(CC(=O)O)C1C2CC3CC(C2)CC1C3. The van der Waals surface area contributed by atoms with Crippen LogP contribution in [-0.2, 0) is 4.79 Å². The lowest BCUT2D eigenvalue weighted by molar-refractivity contribution is -0.141. The summed E-state index contributed by atoms with van der Waals surface area (Å²) in [6, 6.07) is 0.435. The van der Waals surface area contributed by atoms with Gasteiger partial charge in [0.1, 0.15) is 0 Å². The fourth-order valence-corrected chi connectivity index (χ4v) is 5.05. The molecular weight excluding hydrogens is 226 g/mol. The van der Waals surface area contributed by atoms with E-state index in [0.29, 0.717) is 24.4 Å². The monoisotopic (exact) mass is 247 g/mol. The predicted molar refractivity (Wildman–Crippen MR) is 68.9 cm³/mol. The molecule has 0 aromatic carbocycles. The number of nitrogens with zero attached hydrogens (tertiary/aromatic N) is 1. The van der Waals surface area contributed by atoms with Crippen LogP contribution in [0.15, 0.2) is 0 Å². The van der Waals surface area contributed by atoms with Crippen LogP contribution in [0.2, 0.25) is 0 Å². The highest BCUT2D eigenvalue weighted by Gasteiger charge is 2.50. The molecule has 0 aromatic rings. The molecule has 0 spiro atoms. The van der Waals surface area contributed by atoms with Crippen LogP contribution in [0, 0.1) is 36.0 Å². The van der Waals surface area contributed by atoms with E-state index >= 15 is 0 Å². The summed E-state index contributed by atoms with van der Waals surface area (Å²) in [4.78, 5) is 13.1. The predicted octanol–water partition coefficient (Wildman–Crippen LogP) is 1.83. The zero-order valence-electron chi connectivity index (χ0n) is 10.7. The molecule has 0 saturated heterocycles. The Hall–Kier alpha value is -1.01. The quantitative estimate of drug-likeness (QED) is 0.771. The molecule has 98 valence electrons. The van der Waals surface area contributed by atoms with Crippen molar-refractivity contribution in [3.63, 3.8) is 0 Å². The number of carbonyl (C=O) groups is 1. The molecule has 0 radical (unpaired) electrons. The molecule has 1 N–H and O–H groups in total. The van der Waals surface area contributed by atoms with Crippen LogP contribution in [-0.4, -0.2) is 35.1 Å². The van der Waals surface area contributed by atoms with E-state index in [1.807, 2.05) is 0 Å². The Balaban J connectivity index is 1.77. The second kappa shape index (κ2) is 4.59. The van der Waals surface area contributed by atoms with E-state index in [2.05, 4.69) is 10.8 Å². The summed E-state index contributed by atoms with van der Waals surface area (Å²) in [6.07, 6.45) is 12.1. The van der Waals surface area contributed by atoms with Gasteiger partial charge in [0, 0.05) is 6.04 Å². The van der Waals surface area contributed by atoms with Gasteiger partial charge in [-0.05, 0) is 55.8 Å². The van der Waals surface area contributed by atoms with Gasteiger partial charge in [-0.3, -0.25) is 9.69 Å². The topological polar surface area (TPSA) is 40.5 Å². The summed E-state index contributed by atoms with van der Waals surface area (Å²) in [5, 5.41) is 9.05. The van der Waals surface area contributed by atoms with Crippen molar-refractivity contribution in [3.05, 3.63) is 0 Å². The molecule has 4 aliphatic rings. The van der Waals surface area contributed by atoms with Crippen LogP contribution in [0.4, 0.5) is 0 Å². The van der Waals surface area contributed by atoms with Crippen LogP contribution in [0.1, 0.15) is 32.1 Å². The fourth-order valence-electron chi connectivity index (χ4n) is 5.05. The summed E-state index contributed by atoms with van der Waals surface area (Å²) in [5.41, 5.74) is 0. The molecule has 0 aromatic heterocycles. The van der Waals surface area contributed by atoms with Crippen molar-refractivity contribution in [2.75, 3.05) is 13.1 Å². The Bertz CT molecular complexity index is 356. The number of hydrogen-bond acceptors (Lipinski definition) is 2. The Morgan fingerprint density at radius 1 is 1.17 bits per heavy atom. The van der Waals surface area contributed by atoms with Crippen LogP contribution in [0.25, 0.3) is 0 Å². The van der Waals surface area contributed by atoms with Crippen LogP contribution >= 0.6 is 0 Å². The lowest BCUT2D eigenvalue weighted by Crippen LogP contribution is -2.57. The first-order chi connectivity index (χ1) is 8.67. The van der Waals surface area contributed by atoms with Crippen molar-refractivity contribution in [1.29, 1.82) is 0 Å². The van der Waals surface area contributed by atoms with Gasteiger partial charge in [0.2, 0.25) is 0 Å². The Morgan fingerprint density at radius 3 is 2.17 bits per heavy atom. The number of carboxylic acid groups (broad SMARTS) is 1. The molecule has 18 heavy (non-hydrogen) atoms. The minimum absolute atomic E-state index is 0.108. The standard InChI is InChI=1S/C15H21NO2/c1-2-3-16(9-14(17)18)15-12-5-10-4-11(7-12)8-13(15)6-10/h1,10-13,15H,3-9H2,(H,17,18). The molecule has 0 amide bonds. The van der Waals surface area contributed by atoms with E-state index in [-0.39, 0.29) is 6.54 Å². The number of aliphatic carboxylic acids is 1. The van der Waals surface area contributed by atoms with Crippen molar-refractivity contribution in [3.8, 4) is 12.3 Å². The highest BCUT2D eigenvalue weighted by molar-refractivity contribution is 5.69. The summed E-state index contributed by atoms with van der Waals surface area (Å²) in [7, 11) is 0. The number of hydrogen-bond donors (Lipinski definition) is 1. The molecule has 0 unspecified atom stereocenters. The molecule has 0 aliphatic heterocycles. The number of terminal acetylenes is 1. The second-order valence-corrected chi connectivity index (χ2v) is 6.42. The average Bonchev–Trinajstić information content (AvgIpc) is 2.26. The van der Waals surface area contributed by atoms with Gasteiger partial charge in [-0.25, -0.2) is 0 Å².